The highest BCUT2D eigenvalue weighted by molar-refractivity contribution is 7.99. The summed E-state index contributed by atoms with van der Waals surface area (Å²) in [4.78, 5) is 4.19. The highest BCUT2D eigenvalue weighted by atomic mass is 32.2. The zero-order chi connectivity index (χ0) is 9.97. The highest BCUT2D eigenvalue weighted by Gasteiger charge is 2.24. The van der Waals surface area contributed by atoms with Crippen molar-refractivity contribution in [2.45, 2.75) is 18.4 Å². The Labute approximate surface area is 86.1 Å². The first kappa shape index (κ1) is 9.95. The van der Waals surface area contributed by atoms with Gasteiger partial charge in [-0.05, 0) is 12.2 Å². The van der Waals surface area contributed by atoms with E-state index in [1.807, 2.05) is 11.8 Å². The lowest BCUT2D eigenvalue weighted by Gasteiger charge is -2.00. The Morgan fingerprint density at radius 2 is 2.57 bits per heavy atom. The van der Waals surface area contributed by atoms with Gasteiger partial charge >= 0.3 is 0 Å². The van der Waals surface area contributed by atoms with Crippen LogP contribution in [0.15, 0.2) is 4.52 Å². The third-order valence-electron chi connectivity index (χ3n) is 2.27. The molecule has 1 aliphatic heterocycles. The number of hydrogen-bond acceptors (Lipinski definition) is 6. The van der Waals surface area contributed by atoms with E-state index in [1.165, 1.54) is 0 Å². The van der Waals surface area contributed by atoms with Crippen molar-refractivity contribution in [2.75, 3.05) is 18.1 Å². The molecule has 78 valence electrons. The van der Waals surface area contributed by atoms with Crippen molar-refractivity contribution in [1.29, 1.82) is 0 Å². The van der Waals surface area contributed by atoms with Gasteiger partial charge in [0, 0.05) is 11.7 Å². The molecule has 1 fully saturated rings. The third kappa shape index (κ3) is 1.92. The summed E-state index contributed by atoms with van der Waals surface area (Å²) >= 11 is 1.90. The standard InChI is InChI=1S/C8H13N3O2S/c9-6(3-12)8-10-7(11-13-8)5-1-2-14-4-5/h5-6,12H,1-4,9H2/t5?,6-/m0/s1. The van der Waals surface area contributed by atoms with E-state index in [-0.39, 0.29) is 6.61 Å². The van der Waals surface area contributed by atoms with Crippen LogP contribution in [0.3, 0.4) is 0 Å². The van der Waals surface area contributed by atoms with Gasteiger partial charge in [0.25, 0.3) is 0 Å². The number of aliphatic hydroxyl groups is 1. The van der Waals surface area contributed by atoms with Gasteiger partial charge in [0.1, 0.15) is 6.04 Å². The molecule has 3 N–H and O–H groups in total. The molecule has 1 aliphatic rings. The minimum absolute atomic E-state index is 0.166. The number of aliphatic hydroxyl groups excluding tert-OH is 1. The van der Waals surface area contributed by atoms with Crippen molar-refractivity contribution >= 4 is 11.8 Å². The molecule has 0 saturated carbocycles. The van der Waals surface area contributed by atoms with Crippen LogP contribution in [0.1, 0.15) is 30.1 Å². The first-order chi connectivity index (χ1) is 6.81. The summed E-state index contributed by atoms with van der Waals surface area (Å²) in [5.74, 6) is 3.66. The lowest BCUT2D eigenvalue weighted by Crippen LogP contribution is -2.15. The van der Waals surface area contributed by atoms with Crippen molar-refractivity contribution in [3.63, 3.8) is 0 Å². The van der Waals surface area contributed by atoms with Crippen LogP contribution in [0, 0.1) is 0 Å². The normalized spacial score (nSPS) is 24.0. The van der Waals surface area contributed by atoms with Crippen molar-refractivity contribution in [3.05, 3.63) is 11.7 Å². The van der Waals surface area contributed by atoms with Crippen LogP contribution in [-0.4, -0.2) is 33.4 Å². The molecule has 5 nitrogen and oxygen atoms in total. The number of nitrogens with zero attached hydrogens (tertiary/aromatic N) is 2. The van der Waals surface area contributed by atoms with E-state index in [4.69, 9.17) is 15.4 Å². The lowest BCUT2D eigenvalue weighted by molar-refractivity contribution is 0.236. The first-order valence-corrected chi connectivity index (χ1v) is 5.74. The van der Waals surface area contributed by atoms with E-state index in [0.717, 1.165) is 23.8 Å². The average molecular weight is 215 g/mol. The van der Waals surface area contributed by atoms with Crippen LogP contribution in [0.2, 0.25) is 0 Å². The quantitative estimate of drug-likeness (QED) is 0.753. The molecule has 0 aromatic carbocycles. The van der Waals surface area contributed by atoms with E-state index in [2.05, 4.69) is 10.1 Å². The SMILES string of the molecule is N[C@@H](CO)c1nc(C2CCSC2)no1. The average Bonchev–Trinajstić information content (AvgIpc) is 2.86. The zero-order valence-corrected chi connectivity index (χ0v) is 8.54. The van der Waals surface area contributed by atoms with Gasteiger partial charge in [0.15, 0.2) is 5.82 Å². The molecule has 2 atom stereocenters. The summed E-state index contributed by atoms with van der Waals surface area (Å²) in [5.41, 5.74) is 5.55. The summed E-state index contributed by atoms with van der Waals surface area (Å²) in [6.45, 7) is -0.166. The number of aromatic nitrogens is 2. The Hall–Kier alpha value is -0.590. The molecular weight excluding hydrogens is 202 g/mol. The molecule has 0 spiro atoms. The lowest BCUT2D eigenvalue weighted by atomic mass is 10.1. The van der Waals surface area contributed by atoms with Crippen molar-refractivity contribution in [2.24, 2.45) is 5.73 Å². The predicted octanol–water partition coefficient (Wildman–Crippen LogP) is 0.282. The maximum absolute atomic E-state index is 8.81. The molecule has 6 heteroatoms. The van der Waals surface area contributed by atoms with Gasteiger partial charge in [0.2, 0.25) is 5.89 Å². The molecule has 1 aromatic heterocycles. The molecule has 0 amide bonds. The molecule has 1 unspecified atom stereocenters. The van der Waals surface area contributed by atoms with Gasteiger partial charge in [-0.15, -0.1) is 0 Å². The maximum Gasteiger partial charge on any atom is 0.245 e. The Bertz CT molecular complexity index is 299. The summed E-state index contributed by atoms with van der Waals surface area (Å²) in [7, 11) is 0. The minimum atomic E-state index is -0.551. The number of rotatable bonds is 3. The summed E-state index contributed by atoms with van der Waals surface area (Å²) in [6.07, 6.45) is 1.10. The second kappa shape index (κ2) is 4.29. The Morgan fingerprint density at radius 1 is 1.71 bits per heavy atom. The third-order valence-corrected chi connectivity index (χ3v) is 3.43. The van der Waals surface area contributed by atoms with Crippen LogP contribution < -0.4 is 5.73 Å². The van der Waals surface area contributed by atoms with Gasteiger partial charge in [-0.1, -0.05) is 5.16 Å². The monoisotopic (exact) mass is 215 g/mol. The second-order valence-corrected chi connectivity index (χ2v) is 4.49. The molecule has 1 saturated heterocycles. The van der Waals surface area contributed by atoms with E-state index < -0.39 is 6.04 Å². The Morgan fingerprint density at radius 3 is 3.21 bits per heavy atom. The fourth-order valence-corrected chi connectivity index (χ4v) is 2.60. The Balaban J connectivity index is 2.08. The van der Waals surface area contributed by atoms with E-state index in [9.17, 15) is 0 Å². The molecule has 1 aromatic rings. The fraction of sp³-hybridized carbons (Fsp3) is 0.750. The van der Waals surface area contributed by atoms with E-state index >= 15 is 0 Å². The topological polar surface area (TPSA) is 85.2 Å². The second-order valence-electron chi connectivity index (χ2n) is 3.34. The molecular formula is C8H13N3O2S. The zero-order valence-electron chi connectivity index (χ0n) is 7.72. The van der Waals surface area contributed by atoms with Gasteiger partial charge in [-0.3, -0.25) is 0 Å². The van der Waals surface area contributed by atoms with Crippen LogP contribution in [0.5, 0.6) is 0 Å². The summed E-state index contributed by atoms with van der Waals surface area (Å²) in [6, 6.07) is -0.551. The summed E-state index contributed by atoms with van der Waals surface area (Å²) < 4.78 is 4.97. The molecule has 0 bridgehead atoms. The molecule has 14 heavy (non-hydrogen) atoms. The fourth-order valence-electron chi connectivity index (χ4n) is 1.38. The van der Waals surface area contributed by atoms with Crippen LogP contribution in [-0.2, 0) is 0 Å². The number of nitrogens with two attached hydrogens (primary N) is 1. The van der Waals surface area contributed by atoms with Crippen molar-refractivity contribution in [1.82, 2.24) is 10.1 Å². The van der Waals surface area contributed by atoms with E-state index in [1.54, 1.807) is 0 Å². The van der Waals surface area contributed by atoms with Crippen molar-refractivity contribution < 1.29 is 9.63 Å². The maximum atomic E-state index is 8.81. The van der Waals surface area contributed by atoms with Gasteiger partial charge in [0.05, 0.1) is 6.61 Å². The predicted molar refractivity (Wildman–Crippen MR) is 53.0 cm³/mol. The Kier molecular flexibility index (Phi) is 3.05. The van der Waals surface area contributed by atoms with Gasteiger partial charge < -0.3 is 15.4 Å². The smallest absolute Gasteiger partial charge is 0.245 e. The summed E-state index contributed by atoms with van der Waals surface area (Å²) in [5, 5.41) is 12.7. The van der Waals surface area contributed by atoms with Crippen LogP contribution >= 0.6 is 11.8 Å². The molecule has 0 aliphatic carbocycles. The van der Waals surface area contributed by atoms with Gasteiger partial charge in [-0.25, -0.2) is 0 Å². The number of hydrogen-bond donors (Lipinski definition) is 2. The molecule has 0 radical (unpaired) electrons. The molecule has 2 heterocycles. The highest BCUT2D eigenvalue weighted by Crippen LogP contribution is 2.30. The number of thioether (sulfide) groups is 1. The molecule has 2 rings (SSSR count). The minimum Gasteiger partial charge on any atom is -0.394 e. The van der Waals surface area contributed by atoms with Crippen LogP contribution in [0.4, 0.5) is 0 Å². The van der Waals surface area contributed by atoms with Crippen LogP contribution in [0.25, 0.3) is 0 Å². The van der Waals surface area contributed by atoms with Crippen molar-refractivity contribution in [3.8, 4) is 0 Å². The first-order valence-electron chi connectivity index (χ1n) is 4.59. The largest absolute Gasteiger partial charge is 0.394 e. The van der Waals surface area contributed by atoms with Gasteiger partial charge in [-0.2, -0.15) is 16.7 Å². The van der Waals surface area contributed by atoms with E-state index in [0.29, 0.717) is 11.8 Å².